The van der Waals surface area contributed by atoms with E-state index in [0.29, 0.717) is 55.0 Å². The third kappa shape index (κ3) is 3.38. The number of aromatic nitrogens is 3. The van der Waals surface area contributed by atoms with Crippen LogP contribution in [0, 0.1) is 20.8 Å². The van der Waals surface area contributed by atoms with Crippen LogP contribution in [0.25, 0.3) is 5.82 Å². The van der Waals surface area contributed by atoms with Crippen molar-refractivity contribution in [1.29, 1.82) is 0 Å². The van der Waals surface area contributed by atoms with E-state index in [4.69, 9.17) is 4.74 Å². The summed E-state index contributed by atoms with van der Waals surface area (Å²) in [5.41, 5.74) is 3.54. The minimum atomic E-state index is -0.534. The second-order valence-electron chi connectivity index (χ2n) is 8.88. The van der Waals surface area contributed by atoms with E-state index in [9.17, 15) is 9.59 Å². The molecule has 2 aliphatic rings. The number of likely N-dealkylation sites (tertiary alicyclic amines) is 1. The molecule has 0 aliphatic carbocycles. The van der Waals surface area contributed by atoms with E-state index in [1.165, 1.54) is 0 Å². The first-order valence-corrected chi connectivity index (χ1v) is 11.0. The quantitative estimate of drug-likeness (QED) is 0.618. The smallest absolute Gasteiger partial charge is 0.257 e. The standard InChI is InChI=1S/C25H26N4O3/c1-16-12-17(2)23-19(13-16)21(30)14-25(32-23)7-10-28(11-8-25)24(31)20-15-27-29(18(20)3)22-6-4-5-9-26-22/h4-6,9,12-13,15H,7-8,10-11,14H2,1-3H3. The molecule has 2 aliphatic heterocycles. The number of fused-ring (bicyclic) bond motifs is 1. The van der Waals surface area contributed by atoms with Crippen LogP contribution < -0.4 is 4.74 Å². The summed E-state index contributed by atoms with van der Waals surface area (Å²) < 4.78 is 8.14. The Morgan fingerprint density at radius 1 is 1.12 bits per heavy atom. The summed E-state index contributed by atoms with van der Waals surface area (Å²) in [5, 5.41) is 4.37. The van der Waals surface area contributed by atoms with Crippen molar-refractivity contribution in [1.82, 2.24) is 19.7 Å². The fourth-order valence-corrected chi connectivity index (χ4v) is 4.83. The highest BCUT2D eigenvalue weighted by Crippen LogP contribution is 2.41. The minimum Gasteiger partial charge on any atom is -0.486 e. The highest BCUT2D eigenvalue weighted by atomic mass is 16.5. The van der Waals surface area contributed by atoms with Crippen molar-refractivity contribution in [2.45, 2.75) is 45.6 Å². The second-order valence-corrected chi connectivity index (χ2v) is 8.88. The topological polar surface area (TPSA) is 77.3 Å². The van der Waals surface area contributed by atoms with Gasteiger partial charge in [0.2, 0.25) is 0 Å². The van der Waals surface area contributed by atoms with Crippen molar-refractivity contribution in [2.75, 3.05) is 13.1 Å². The molecule has 1 saturated heterocycles. The summed E-state index contributed by atoms with van der Waals surface area (Å²) in [6, 6.07) is 9.56. The van der Waals surface area contributed by atoms with Crippen molar-refractivity contribution in [3.05, 3.63) is 70.7 Å². The number of nitrogens with zero attached hydrogens (tertiary/aromatic N) is 4. The third-order valence-electron chi connectivity index (χ3n) is 6.59. The highest BCUT2D eigenvalue weighted by molar-refractivity contribution is 6.01. The molecule has 0 N–H and O–H groups in total. The summed E-state index contributed by atoms with van der Waals surface area (Å²) in [5.74, 6) is 1.47. The zero-order valence-electron chi connectivity index (χ0n) is 18.6. The van der Waals surface area contributed by atoms with Crippen molar-refractivity contribution < 1.29 is 14.3 Å². The number of benzene rings is 1. The number of rotatable bonds is 2. The zero-order chi connectivity index (χ0) is 22.5. The lowest BCUT2D eigenvalue weighted by atomic mass is 9.81. The fraction of sp³-hybridized carbons (Fsp3) is 0.360. The van der Waals surface area contributed by atoms with Crippen LogP contribution in [0.5, 0.6) is 5.75 Å². The van der Waals surface area contributed by atoms with Gasteiger partial charge in [0.1, 0.15) is 11.4 Å². The van der Waals surface area contributed by atoms with Gasteiger partial charge in [-0.3, -0.25) is 9.59 Å². The summed E-state index contributed by atoms with van der Waals surface area (Å²) in [4.78, 5) is 32.3. The molecule has 0 radical (unpaired) electrons. The Balaban J connectivity index is 1.33. The molecular weight excluding hydrogens is 404 g/mol. The maximum atomic E-state index is 13.2. The number of aryl methyl sites for hydroxylation is 2. The highest BCUT2D eigenvalue weighted by Gasteiger charge is 2.44. The van der Waals surface area contributed by atoms with Gasteiger partial charge in [-0.05, 0) is 50.1 Å². The van der Waals surface area contributed by atoms with E-state index in [1.54, 1.807) is 17.1 Å². The molecule has 0 saturated carbocycles. The molecule has 1 aromatic carbocycles. The van der Waals surface area contributed by atoms with Gasteiger partial charge in [-0.15, -0.1) is 0 Å². The molecule has 7 heteroatoms. The number of hydrogen-bond donors (Lipinski definition) is 0. The van der Waals surface area contributed by atoms with Gasteiger partial charge >= 0.3 is 0 Å². The van der Waals surface area contributed by atoms with Crippen molar-refractivity contribution in [2.24, 2.45) is 0 Å². The zero-order valence-corrected chi connectivity index (χ0v) is 18.6. The molecule has 1 spiro atoms. The van der Waals surface area contributed by atoms with Crippen LogP contribution in [-0.2, 0) is 0 Å². The number of carbonyl (C=O) groups excluding carboxylic acids is 2. The van der Waals surface area contributed by atoms with Gasteiger partial charge in [0.25, 0.3) is 5.91 Å². The third-order valence-corrected chi connectivity index (χ3v) is 6.59. The summed E-state index contributed by atoms with van der Waals surface area (Å²) in [6.07, 6.45) is 4.94. The van der Waals surface area contributed by atoms with E-state index in [1.807, 2.05) is 56.0 Å². The molecule has 32 heavy (non-hydrogen) atoms. The van der Waals surface area contributed by atoms with Crippen molar-refractivity contribution in [3.8, 4) is 11.6 Å². The lowest BCUT2D eigenvalue weighted by molar-refractivity contribution is -0.00620. The molecule has 5 rings (SSSR count). The SMILES string of the molecule is Cc1cc(C)c2c(c1)C(=O)CC1(CCN(C(=O)c3cnn(-c4ccccn4)c3C)CC1)O2. The Hall–Kier alpha value is -3.48. The van der Waals surface area contributed by atoms with Crippen LogP contribution in [0.15, 0.2) is 42.7 Å². The monoisotopic (exact) mass is 430 g/mol. The first-order chi connectivity index (χ1) is 15.4. The Labute approximate surface area is 187 Å². The van der Waals surface area contributed by atoms with Crippen LogP contribution in [-0.4, -0.2) is 50.0 Å². The molecule has 0 bridgehead atoms. The fourth-order valence-electron chi connectivity index (χ4n) is 4.83. The molecule has 4 heterocycles. The molecule has 164 valence electrons. The van der Waals surface area contributed by atoms with E-state index in [2.05, 4.69) is 10.1 Å². The van der Waals surface area contributed by atoms with Crippen LogP contribution >= 0.6 is 0 Å². The maximum absolute atomic E-state index is 13.2. The normalized spacial score (nSPS) is 17.2. The largest absolute Gasteiger partial charge is 0.486 e. The first-order valence-electron chi connectivity index (χ1n) is 11.0. The number of amides is 1. The molecule has 2 aromatic heterocycles. The van der Waals surface area contributed by atoms with Crippen LogP contribution in [0.4, 0.5) is 0 Å². The lowest BCUT2D eigenvalue weighted by Gasteiger charge is -2.44. The molecule has 3 aromatic rings. The summed E-state index contributed by atoms with van der Waals surface area (Å²) in [6.45, 7) is 6.94. The Morgan fingerprint density at radius 2 is 1.91 bits per heavy atom. The minimum absolute atomic E-state index is 0.0473. The Bertz CT molecular complexity index is 1210. The van der Waals surface area contributed by atoms with Crippen molar-refractivity contribution >= 4 is 11.7 Å². The Morgan fingerprint density at radius 3 is 2.62 bits per heavy atom. The summed E-state index contributed by atoms with van der Waals surface area (Å²) in [7, 11) is 0. The average Bonchev–Trinajstić information content (AvgIpc) is 3.17. The van der Waals surface area contributed by atoms with E-state index >= 15 is 0 Å². The first kappa shape index (κ1) is 20.4. The predicted octanol–water partition coefficient (Wildman–Crippen LogP) is 3.83. The number of Topliss-reactive ketones (excluding diaryl/α,β-unsaturated/α-hetero) is 1. The van der Waals surface area contributed by atoms with Crippen molar-refractivity contribution in [3.63, 3.8) is 0 Å². The second kappa shape index (κ2) is 7.58. The van der Waals surface area contributed by atoms with Gasteiger partial charge in [-0.25, -0.2) is 9.67 Å². The number of piperidine rings is 1. The van der Waals surface area contributed by atoms with Crippen LogP contribution in [0.2, 0.25) is 0 Å². The van der Waals surface area contributed by atoms with Crippen LogP contribution in [0.3, 0.4) is 0 Å². The maximum Gasteiger partial charge on any atom is 0.257 e. The van der Waals surface area contributed by atoms with Gasteiger partial charge in [0.05, 0.1) is 29.4 Å². The molecule has 1 fully saturated rings. The molecular formula is C25H26N4O3. The van der Waals surface area contributed by atoms with Crippen LogP contribution in [0.1, 0.15) is 56.8 Å². The van der Waals surface area contributed by atoms with Gasteiger partial charge in [0.15, 0.2) is 11.6 Å². The Kier molecular flexibility index (Phi) is 4.84. The molecule has 0 atom stereocenters. The lowest BCUT2D eigenvalue weighted by Crippen LogP contribution is -2.52. The number of hydrogen-bond acceptors (Lipinski definition) is 5. The van der Waals surface area contributed by atoms with Gasteiger partial charge in [0, 0.05) is 32.1 Å². The van der Waals surface area contributed by atoms with E-state index < -0.39 is 5.60 Å². The average molecular weight is 431 g/mol. The molecule has 1 amide bonds. The number of ketones is 1. The van der Waals surface area contributed by atoms with Gasteiger partial charge in [-0.1, -0.05) is 12.1 Å². The predicted molar refractivity (Wildman–Crippen MR) is 119 cm³/mol. The number of carbonyl (C=O) groups is 2. The summed E-state index contributed by atoms with van der Waals surface area (Å²) >= 11 is 0. The van der Waals surface area contributed by atoms with E-state index in [-0.39, 0.29) is 11.7 Å². The van der Waals surface area contributed by atoms with Gasteiger partial charge < -0.3 is 9.64 Å². The number of ether oxygens (including phenoxy) is 1. The number of pyridine rings is 1. The molecule has 7 nitrogen and oxygen atoms in total. The van der Waals surface area contributed by atoms with E-state index in [0.717, 1.165) is 16.8 Å². The molecule has 0 unspecified atom stereocenters. The van der Waals surface area contributed by atoms with Gasteiger partial charge in [-0.2, -0.15) is 5.10 Å².